The van der Waals surface area contributed by atoms with Crippen molar-refractivity contribution in [2.24, 2.45) is 7.05 Å². The fraction of sp³-hybridized carbons (Fsp3) is 0.600. The van der Waals surface area contributed by atoms with Crippen LogP contribution in [0.4, 0.5) is 0 Å². The molecule has 2 nitrogen and oxygen atoms in total. The lowest BCUT2D eigenvalue weighted by atomic mass is 10.1. The Morgan fingerprint density at radius 3 is 2.33 bits per heavy atom. The Morgan fingerprint density at radius 1 is 1.50 bits per heavy atom. The van der Waals surface area contributed by atoms with Gasteiger partial charge in [0.2, 0.25) is 0 Å². The third-order valence-corrected chi connectivity index (χ3v) is 2.44. The lowest BCUT2D eigenvalue weighted by Gasteiger charge is -2.07. The van der Waals surface area contributed by atoms with Crippen LogP contribution < -0.4 is 0 Å². The number of aromatic nitrogens is 1. The van der Waals surface area contributed by atoms with Gasteiger partial charge in [-0.3, -0.25) is 0 Å². The lowest BCUT2D eigenvalue weighted by Crippen LogP contribution is -1.99. The molecule has 0 radical (unpaired) electrons. The number of hydrogen-bond donors (Lipinski definition) is 1. The van der Waals surface area contributed by atoms with Crippen LogP contribution in [0.2, 0.25) is 0 Å². The number of aliphatic hydroxyl groups is 1. The van der Waals surface area contributed by atoms with Crippen LogP contribution in [0, 0.1) is 6.92 Å². The second kappa shape index (κ2) is 3.31. The van der Waals surface area contributed by atoms with Crippen LogP contribution in [0.5, 0.6) is 0 Å². The Kier molecular flexibility index (Phi) is 2.58. The fourth-order valence-electron chi connectivity index (χ4n) is 1.50. The van der Waals surface area contributed by atoms with Gasteiger partial charge in [-0.15, -0.1) is 0 Å². The Bertz CT molecular complexity index is 274. The van der Waals surface area contributed by atoms with E-state index in [4.69, 9.17) is 5.11 Å². The molecule has 0 fully saturated rings. The molecule has 1 aromatic heterocycles. The summed E-state index contributed by atoms with van der Waals surface area (Å²) < 4.78 is 2.15. The molecule has 0 saturated heterocycles. The van der Waals surface area contributed by atoms with Gasteiger partial charge < -0.3 is 9.67 Å². The molecule has 0 bridgehead atoms. The molecule has 0 aliphatic heterocycles. The normalized spacial score (nSPS) is 11.2. The summed E-state index contributed by atoms with van der Waals surface area (Å²) >= 11 is 0. The average Bonchev–Trinajstić information content (AvgIpc) is 2.30. The maximum absolute atomic E-state index is 9.02. The van der Waals surface area contributed by atoms with Crippen molar-refractivity contribution in [2.75, 3.05) is 0 Å². The maximum atomic E-state index is 9.02. The first kappa shape index (κ1) is 9.33. The molecule has 1 rings (SSSR count). The summed E-state index contributed by atoms with van der Waals surface area (Å²) in [5.41, 5.74) is 3.50. The van der Waals surface area contributed by atoms with E-state index in [9.17, 15) is 0 Å². The van der Waals surface area contributed by atoms with E-state index >= 15 is 0 Å². The highest BCUT2D eigenvalue weighted by Crippen LogP contribution is 2.20. The Balaban J connectivity index is 3.16. The van der Waals surface area contributed by atoms with Gasteiger partial charge in [-0.25, -0.2) is 0 Å². The zero-order valence-electron chi connectivity index (χ0n) is 8.26. The van der Waals surface area contributed by atoms with Gasteiger partial charge in [0.1, 0.15) is 0 Å². The summed E-state index contributed by atoms with van der Waals surface area (Å²) in [6.45, 7) is 6.51. The van der Waals surface area contributed by atoms with Crippen LogP contribution >= 0.6 is 0 Å². The fourth-order valence-corrected chi connectivity index (χ4v) is 1.50. The minimum Gasteiger partial charge on any atom is -0.392 e. The molecule has 2 heteroatoms. The molecule has 1 N–H and O–H groups in total. The third kappa shape index (κ3) is 1.39. The Labute approximate surface area is 73.8 Å². The van der Waals surface area contributed by atoms with Gasteiger partial charge in [-0.05, 0) is 24.5 Å². The molecule has 0 aromatic carbocycles. The second-order valence-electron chi connectivity index (χ2n) is 3.55. The highest BCUT2D eigenvalue weighted by Gasteiger charge is 2.09. The Morgan fingerprint density at radius 2 is 2.08 bits per heavy atom. The van der Waals surface area contributed by atoms with Crippen molar-refractivity contribution in [3.8, 4) is 0 Å². The summed E-state index contributed by atoms with van der Waals surface area (Å²) in [5.74, 6) is 0.522. The number of nitrogens with zero attached hydrogens (tertiary/aromatic N) is 1. The van der Waals surface area contributed by atoms with Gasteiger partial charge in [0.25, 0.3) is 0 Å². The minimum atomic E-state index is 0.145. The van der Waals surface area contributed by atoms with Crippen molar-refractivity contribution in [3.63, 3.8) is 0 Å². The van der Waals surface area contributed by atoms with E-state index in [-0.39, 0.29) is 6.61 Å². The molecule has 0 spiro atoms. The zero-order valence-corrected chi connectivity index (χ0v) is 8.26. The maximum Gasteiger partial charge on any atom is 0.0699 e. The second-order valence-corrected chi connectivity index (χ2v) is 3.55. The van der Waals surface area contributed by atoms with Crippen LogP contribution in [0.25, 0.3) is 0 Å². The van der Waals surface area contributed by atoms with E-state index in [1.807, 2.05) is 14.0 Å². The molecule has 0 unspecified atom stereocenters. The molecule has 0 saturated carbocycles. The lowest BCUT2D eigenvalue weighted by molar-refractivity contribution is 0.281. The predicted octanol–water partition coefficient (Wildman–Crippen LogP) is 1.95. The van der Waals surface area contributed by atoms with Crippen molar-refractivity contribution in [1.29, 1.82) is 0 Å². The molecule has 12 heavy (non-hydrogen) atoms. The SMILES string of the molecule is Cc1c(CO)cc(C(C)C)n1C. The van der Waals surface area contributed by atoms with Crippen LogP contribution in [0.1, 0.15) is 36.7 Å². The van der Waals surface area contributed by atoms with E-state index in [1.54, 1.807) is 0 Å². The molecule has 1 aromatic rings. The van der Waals surface area contributed by atoms with Crippen LogP contribution in [0.3, 0.4) is 0 Å². The van der Waals surface area contributed by atoms with Crippen LogP contribution in [-0.4, -0.2) is 9.67 Å². The largest absolute Gasteiger partial charge is 0.392 e. The van der Waals surface area contributed by atoms with E-state index in [1.165, 1.54) is 11.4 Å². The van der Waals surface area contributed by atoms with E-state index in [0.717, 1.165) is 5.56 Å². The van der Waals surface area contributed by atoms with E-state index in [2.05, 4.69) is 24.5 Å². The van der Waals surface area contributed by atoms with Crippen molar-refractivity contribution < 1.29 is 5.11 Å². The smallest absolute Gasteiger partial charge is 0.0699 e. The van der Waals surface area contributed by atoms with Gasteiger partial charge in [-0.1, -0.05) is 13.8 Å². The van der Waals surface area contributed by atoms with E-state index in [0.29, 0.717) is 5.92 Å². The molecule has 0 aliphatic carbocycles. The highest BCUT2D eigenvalue weighted by atomic mass is 16.3. The monoisotopic (exact) mass is 167 g/mol. The van der Waals surface area contributed by atoms with Crippen LogP contribution in [0.15, 0.2) is 6.07 Å². The summed E-state index contributed by atoms with van der Waals surface area (Å²) in [7, 11) is 2.05. The molecular weight excluding hydrogens is 150 g/mol. The van der Waals surface area contributed by atoms with Gasteiger partial charge in [-0.2, -0.15) is 0 Å². The van der Waals surface area contributed by atoms with Crippen molar-refractivity contribution in [3.05, 3.63) is 23.0 Å². The first-order valence-electron chi connectivity index (χ1n) is 4.33. The van der Waals surface area contributed by atoms with Crippen molar-refractivity contribution >= 4 is 0 Å². The highest BCUT2D eigenvalue weighted by molar-refractivity contribution is 5.27. The average molecular weight is 167 g/mol. The predicted molar refractivity (Wildman–Crippen MR) is 50.2 cm³/mol. The van der Waals surface area contributed by atoms with Crippen molar-refractivity contribution in [2.45, 2.75) is 33.3 Å². The number of rotatable bonds is 2. The topological polar surface area (TPSA) is 25.2 Å². The van der Waals surface area contributed by atoms with Crippen molar-refractivity contribution in [1.82, 2.24) is 4.57 Å². The summed E-state index contributed by atoms with van der Waals surface area (Å²) in [6, 6.07) is 2.08. The standard InChI is InChI=1S/C10H17NO/c1-7(2)10-5-9(6-12)8(3)11(10)4/h5,7,12H,6H2,1-4H3. The number of aliphatic hydroxyl groups excluding tert-OH is 1. The van der Waals surface area contributed by atoms with Gasteiger partial charge in [0.05, 0.1) is 6.61 Å². The summed E-state index contributed by atoms with van der Waals surface area (Å²) in [6.07, 6.45) is 0. The van der Waals surface area contributed by atoms with Gasteiger partial charge in [0.15, 0.2) is 0 Å². The summed E-state index contributed by atoms with van der Waals surface area (Å²) in [4.78, 5) is 0. The van der Waals surface area contributed by atoms with Gasteiger partial charge >= 0.3 is 0 Å². The minimum absolute atomic E-state index is 0.145. The molecule has 1 heterocycles. The Hall–Kier alpha value is -0.760. The quantitative estimate of drug-likeness (QED) is 0.715. The van der Waals surface area contributed by atoms with Gasteiger partial charge in [0, 0.05) is 18.4 Å². The molecule has 0 aliphatic rings. The first-order valence-corrected chi connectivity index (χ1v) is 4.33. The first-order chi connectivity index (χ1) is 5.57. The summed E-state index contributed by atoms with van der Waals surface area (Å²) in [5, 5.41) is 9.02. The number of hydrogen-bond acceptors (Lipinski definition) is 1. The molecular formula is C10H17NO. The zero-order chi connectivity index (χ0) is 9.30. The van der Waals surface area contributed by atoms with Crippen LogP contribution in [-0.2, 0) is 13.7 Å². The third-order valence-electron chi connectivity index (χ3n) is 2.44. The van der Waals surface area contributed by atoms with E-state index < -0.39 is 0 Å². The molecule has 0 atom stereocenters. The molecule has 68 valence electrons. The molecule has 0 amide bonds.